The number of aryl methyl sites for hydroxylation is 1. The summed E-state index contributed by atoms with van der Waals surface area (Å²) in [6.45, 7) is 0. The lowest BCUT2D eigenvalue weighted by atomic mass is 9.95. The van der Waals surface area contributed by atoms with Crippen molar-refractivity contribution in [3.8, 4) is 16.9 Å². The molecule has 33 heavy (non-hydrogen) atoms. The van der Waals surface area contributed by atoms with E-state index in [-0.39, 0.29) is 13.9 Å². The third kappa shape index (κ3) is 5.80. The van der Waals surface area contributed by atoms with Crippen LogP contribution in [0.3, 0.4) is 0 Å². The highest BCUT2D eigenvalue weighted by Gasteiger charge is 2.34. The van der Waals surface area contributed by atoms with Gasteiger partial charge in [-0.15, -0.1) is 0 Å². The fourth-order valence-electron chi connectivity index (χ4n) is 5.92. The van der Waals surface area contributed by atoms with Crippen LogP contribution in [-0.2, 0) is 16.0 Å². The number of methoxy groups -OCH3 is 2. The molecule has 2 aliphatic rings. The van der Waals surface area contributed by atoms with Gasteiger partial charge in [-0.05, 0) is 65.9 Å². The molecule has 2 aromatic rings. The summed E-state index contributed by atoms with van der Waals surface area (Å²) < 4.78 is 10.8. The maximum Gasteiger partial charge on any atom is 0.305 e. The molecule has 0 heterocycles. The fraction of sp³-hybridized carbons (Fsp3) is 0.552. The maximum atomic E-state index is 11.9. The quantitative estimate of drug-likeness (QED) is 0.304. The van der Waals surface area contributed by atoms with Gasteiger partial charge in [0.05, 0.1) is 14.2 Å². The number of carbonyl (C=O) groups is 1. The van der Waals surface area contributed by atoms with Gasteiger partial charge in [-0.1, -0.05) is 82.8 Å². The van der Waals surface area contributed by atoms with Gasteiger partial charge >= 0.3 is 5.97 Å². The van der Waals surface area contributed by atoms with Crippen LogP contribution in [-0.4, -0.2) is 31.5 Å². The summed E-state index contributed by atoms with van der Waals surface area (Å²) in [6.07, 6.45) is 14.9. The second-order valence-corrected chi connectivity index (χ2v) is 12.3. The minimum Gasteiger partial charge on any atom is -0.496 e. The molecule has 2 saturated carbocycles. The molecule has 0 aliphatic heterocycles. The second-order valence-electron chi connectivity index (χ2n) is 9.58. The third-order valence-corrected chi connectivity index (χ3v) is 11.1. The Morgan fingerprint density at radius 3 is 2.09 bits per heavy atom. The Bertz CT molecular complexity index is 895. The van der Waals surface area contributed by atoms with Crippen LogP contribution < -0.4 is 10.0 Å². The van der Waals surface area contributed by atoms with Crippen molar-refractivity contribution in [2.75, 3.05) is 14.2 Å². The standard InChI is InChI=1S/C29H39O3P/c1-31-26-18-11-12-22(20-21-28(30)32-2)29(26)25-17-9-10-19-27(25)33(23-13-5-3-6-14-23)24-15-7-4-8-16-24/h9-12,17-19,23-24H,3-8,13-16,20-21H2,1-2H3. The fourth-order valence-corrected chi connectivity index (χ4v) is 9.87. The Balaban J connectivity index is 1.79. The molecule has 178 valence electrons. The van der Waals surface area contributed by atoms with Gasteiger partial charge in [-0.2, -0.15) is 0 Å². The first-order valence-electron chi connectivity index (χ1n) is 12.8. The topological polar surface area (TPSA) is 35.5 Å². The van der Waals surface area contributed by atoms with E-state index in [0.717, 1.165) is 17.1 Å². The maximum absolute atomic E-state index is 11.9. The average molecular weight is 467 g/mol. The zero-order valence-electron chi connectivity index (χ0n) is 20.4. The van der Waals surface area contributed by atoms with Crippen molar-refractivity contribution in [1.82, 2.24) is 0 Å². The SMILES string of the molecule is COC(=O)CCc1cccc(OC)c1-c1ccccc1P(C1CCCCC1)C1CCCCC1. The molecular formula is C29H39O3P. The van der Waals surface area contributed by atoms with Crippen molar-refractivity contribution in [2.45, 2.75) is 88.4 Å². The molecule has 4 rings (SSSR count). The van der Waals surface area contributed by atoms with Crippen LogP contribution in [0.2, 0.25) is 0 Å². The molecule has 0 unspecified atom stereocenters. The summed E-state index contributed by atoms with van der Waals surface area (Å²) in [7, 11) is 2.99. The zero-order valence-corrected chi connectivity index (χ0v) is 21.2. The summed E-state index contributed by atoms with van der Waals surface area (Å²) in [4.78, 5) is 11.9. The van der Waals surface area contributed by atoms with Crippen LogP contribution >= 0.6 is 7.92 Å². The van der Waals surface area contributed by atoms with E-state index in [1.165, 1.54) is 88.0 Å². The van der Waals surface area contributed by atoms with Crippen LogP contribution in [0.5, 0.6) is 5.75 Å². The summed E-state index contributed by atoms with van der Waals surface area (Å²) in [5, 5.41) is 1.56. The molecule has 2 aromatic carbocycles. The van der Waals surface area contributed by atoms with E-state index < -0.39 is 0 Å². The lowest BCUT2D eigenvalue weighted by Crippen LogP contribution is -2.27. The third-order valence-electron chi connectivity index (χ3n) is 7.55. The molecule has 0 radical (unpaired) electrons. The van der Waals surface area contributed by atoms with Gasteiger partial charge in [0.2, 0.25) is 0 Å². The molecule has 0 N–H and O–H groups in total. The van der Waals surface area contributed by atoms with Crippen LogP contribution in [0.1, 0.15) is 76.2 Å². The molecule has 0 aromatic heterocycles. The van der Waals surface area contributed by atoms with E-state index >= 15 is 0 Å². The van der Waals surface area contributed by atoms with E-state index in [0.29, 0.717) is 12.8 Å². The lowest BCUT2D eigenvalue weighted by Gasteiger charge is -2.39. The molecule has 0 saturated heterocycles. The van der Waals surface area contributed by atoms with Crippen molar-refractivity contribution in [3.05, 3.63) is 48.0 Å². The lowest BCUT2D eigenvalue weighted by molar-refractivity contribution is -0.140. The monoisotopic (exact) mass is 466 g/mol. The minimum absolute atomic E-state index is 0.163. The van der Waals surface area contributed by atoms with Crippen LogP contribution in [0.15, 0.2) is 42.5 Å². The molecule has 0 bridgehead atoms. The van der Waals surface area contributed by atoms with E-state index in [1.54, 1.807) is 12.4 Å². The largest absolute Gasteiger partial charge is 0.496 e. The normalized spacial score (nSPS) is 17.8. The Morgan fingerprint density at radius 1 is 0.848 bits per heavy atom. The number of benzene rings is 2. The molecule has 2 aliphatic carbocycles. The first kappa shape index (κ1) is 24.3. The van der Waals surface area contributed by atoms with Gasteiger partial charge in [0.1, 0.15) is 5.75 Å². The van der Waals surface area contributed by atoms with E-state index in [1.807, 2.05) is 6.07 Å². The van der Waals surface area contributed by atoms with Crippen LogP contribution in [0, 0.1) is 0 Å². The molecule has 0 atom stereocenters. The van der Waals surface area contributed by atoms with Crippen molar-refractivity contribution < 1.29 is 14.3 Å². The smallest absolute Gasteiger partial charge is 0.305 e. The van der Waals surface area contributed by atoms with Crippen molar-refractivity contribution in [1.29, 1.82) is 0 Å². The Labute approximate surface area is 201 Å². The molecule has 2 fully saturated rings. The summed E-state index contributed by atoms with van der Waals surface area (Å²) >= 11 is 0. The van der Waals surface area contributed by atoms with E-state index in [2.05, 4.69) is 36.4 Å². The number of ether oxygens (including phenoxy) is 2. The summed E-state index contributed by atoms with van der Waals surface area (Å²) in [6, 6.07) is 15.4. The van der Waals surface area contributed by atoms with E-state index in [9.17, 15) is 4.79 Å². The highest BCUT2D eigenvalue weighted by molar-refractivity contribution is 7.67. The van der Waals surface area contributed by atoms with Crippen LogP contribution in [0.25, 0.3) is 11.1 Å². The van der Waals surface area contributed by atoms with Crippen molar-refractivity contribution in [3.63, 3.8) is 0 Å². The first-order valence-corrected chi connectivity index (χ1v) is 14.3. The van der Waals surface area contributed by atoms with Gasteiger partial charge in [0.15, 0.2) is 0 Å². The molecule has 0 spiro atoms. The Kier molecular flexibility index (Phi) is 8.84. The van der Waals surface area contributed by atoms with Crippen LogP contribution in [0.4, 0.5) is 0 Å². The number of hydrogen-bond donors (Lipinski definition) is 0. The van der Waals surface area contributed by atoms with Crippen molar-refractivity contribution in [2.24, 2.45) is 0 Å². The Hall–Kier alpha value is -1.86. The number of carbonyl (C=O) groups excluding carboxylic acids is 1. The summed E-state index contributed by atoms with van der Waals surface area (Å²) in [5.74, 6) is 0.746. The second kappa shape index (κ2) is 12.0. The summed E-state index contributed by atoms with van der Waals surface area (Å²) in [5.41, 5.74) is 5.36. The highest BCUT2D eigenvalue weighted by atomic mass is 31.1. The van der Waals surface area contributed by atoms with Gasteiger partial charge in [-0.3, -0.25) is 4.79 Å². The molecule has 3 nitrogen and oxygen atoms in total. The minimum atomic E-state index is -0.238. The van der Waals surface area contributed by atoms with Gasteiger partial charge in [0, 0.05) is 12.0 Å². The Morgan fingerprint density at radius 2 is 1.48 bits per heavy atom. The molecule has 0 amide bonds. The van der Waals surface area contributed by atoms with Gasteiger partial charge in [-0.25, -0.2) is 0 Å². The zero-order chi connectivity index (χ0) is 23.0. The molecule has 4 heteroatoms. The van der Waals surface area contributed by atoms with Gasteiger partial charge in [0.25, 0.3) is 0 Å². The number of hydrogen-bond acceptors (Lipinski definition) is 3. The first-order chi connectivity index (χ1) is 16.2. The van der Waals surface area contributed by atoms with E-state index in [4.69, 9.17) is 9.47 Å². The average Bonchev–Trinajstić information content (AvgIpc) is 2.89. The number of rotatable bonds is 8. The molecular weight excluding hydrogens is 427 g/mol. The predicted octanol–water partition coefficient (Wildman–Crippen LogP) is 7.24. The highest BCUT2D eigenvalue weighted by Crippen LogP contribution is 2.56. The predicted molar refractivity (Wildman–Crippen MR) is 139 cm³/mol. The van der Waals surface area contributed by atoms with Crippen molar-refractivity contribution >= 4 is 19.2 Å². The van der Waals surface area contributed by atoms with Gasteiger partial charge < -0.3 is 9.47 Å². The number of esters is 1.